The third-order valence-electron chi connectivity index (χ3n) is 3.06. The van der Waals surface area contributed by atoms with Crippen molar-refractivity contribution in [3.63, 3.8) is 0 Å². The van der Waals surface area contributed by atoms with E-state index in [9.17, 15) is 4.79 Å². The Hall–Kier alpha value is -1.59. The van der Waals surface area contributed by atoms with Crippen LogP contribution in [0.3, 0.4) is 0 Å². The molecule has 0 saturated carbocycles. The lowest BCUT2D eigenvalue weighted by Gasteiger charge is -2.22. The normalized spacial score (nSPS) is 19.8. The first-order valence-electron chi connectivity index (χ1n) is 5.86. The maximum absolute atomic E-state index is 11.8. The maximum Gasteiger partial charge on any atom is 0.242 e. The van der Waals surface area contributed by atoms with Gasteiger partial charge in [-0.15, -0.1) is 11.3 Å². The molecule has 2 aromatic rings. The van der Waals surface area contributed by atoms with E-state index in [1.54, 1.807) is 18.4 Å². The van der Waals surface area contributed by atoms with Gasteiger partial charge < -0.3 is 10.1 Å². The van der Waals surface area contributed by atoms with E-state index in [2.05, 4.69) is 16.7 Å². The molecule has 5 heteroatoms. The third kappa shape index (κ3) is 1.95. The van der Waals surface area contributed by atoms with Crippen molar-refractivity contribution < 1.29 is 9.53 Å². The number of carbonyl (C=O) groups is 1. The molecule has 1 amide bonds. The van der Waals surface area contributed by atoms with Gasteiger partial charge in [0.1, 0.15) is 11.8 Å². The fourth-order valence-corrected chi connectivity index (χ4v) is 3.26. The molecule has 2 heterocycles. The summed E-state index contributed by atoms with van der Waals surface area (Å²) in [6, 6.07) is 7.81. The van der Waals surface area contributed by atoms with E-state index in [4.69, 9.17) is 4.74 Å². The fourth-order valence-electron chi connectivity index (χ4n) is 2.14. The van der Waals surface area contributed by atoms with Crippen molar-refractivity contribution in [1.82, 2.24) is 10.6 Å². The predicted octanol–water partition coefficient (Wildman–Crippen LogP) is 1.67. The van der Waals surface area contributed by atoms with Crippen LogP contribution in [0.4, 0.5) is 0 Å². The molecular formula is C13H14N2O2S. The van der Waals surface area contributed by atoms with Crippen molar-refractivity contribution in [2.24, 2.45) is 0 Å². The highest BCUT2D eigenvalue weighted by Gasteiger charge is 2.24. The molecule has 1 aromatic carbocycles. The Morgan fingerprint density at radius 3 is 3.00 bits per heavy atom. The highest BCUT2D eigenvalue weighted by Crippen LogP contribution is 2.32. The molecule has 1 aromatic heterocycles. The van der Waals surface area contributed by atoms with Gasteiger partial charge in [-0.2, -0.15) is 0 Å². The first kappa shape index (κ1) is 11.5. The van der Waals surface area contributed by atoms with Gasteiger partial charge in [0.2, 0.25) is 5.91 Å². The van der Waals surface area contributed by atoms with E-state index < -0.39 is 0 Å². The van der Waals surface area contributed by atoms with E-state index in [0.717, 1.165) is 22.6 Å². The number of rotatable bonds is 2. The number of hydrogen-bond acceptors (Lipinski definition) is 4. The molecule has 1 aliphatic rings. The summed E-state index contributed by atoms with van der Waals surface area (Å²) in [5.41, 5.74) is 0. The zero-order chi connectivity index (χ0) is 12.5. The van der Waals surface area contributed by atoms with Crippen molar-refractivity contribution in [3.8, 4) is 5.75 Å². The second-order valence-corrected chi connectivity index (χ2v) is 5.35. The molecule has 1 unspecified atom stereocenters. The van der Waals surface area contributed by atoms with Crippen LogP contribution in [0.2, 0.25) is 0 Å². The summed E-state index contributed by atoms with van der Waals surface area (Å²) in [4.78, 5) is 12.9. The molecule has 3 rings (SSSR count). The second-order valence-electron chi connectivity index (χ2n) is 4.23. The number of piperazine rings is 1. The van der Waals surface area contributed by atoms with Crippen LogP contribution in [0.15, 0.2) is 24.3 Å². The second kappa shape index (κ2) is 4.59. The minimum Gasteiger partial charge on any atom is -0.497 e. The lowest BCUT2D eigenvalue weighted by molar-refractivity contribution is -0.124. The van der Waals surface area contributed by atoms with Crippen LogP contribution in [0.1, 0.15) is 10.9 Å². The van der Waals surface area contributed by atoms with E-state index in [0.29, 0.717) is 6.54 Å². The first-order valence-corrected chi connectivity index (χ1v) is 6.68. The number of thiophene rings is 1. The highest BCUT2D eigenvalue weighted by molar-refractivity contribution is 7.19. The Kier molecular flexibility index (Phi) is 2.93. The molecule has 1 saturated heterocycles. The minimum atomic E-state index is -0.220. The molecule has 0 spiro atoms. The van der Waals surface area contributed by atoms with Crippen LogP contribution in [0.5, 0.6) is 5.75 Å². The number of ether oxygens (including phenoxy) is 1. The largest absolute Gasteiger partial charge is 0.497 e. The summed E-state index contributed by atoms with van der Waals surface area (Å²) in [5, 5.41) is 7.24. The Morgan fingerprint density at radius 2 is 2.22 bits per heavy atom. The molecule has 18 heavy (non-hydrogen) atoms. The summed E-state index contributed by atoms with van der Waals surface area (Å²) in [6.07, 6.45) is 0. The number of benzene rings is 1. The number of hydrogen-bond donors (Lipinski definition) is 2. The smallest absolute Gasteiger partial charge is 0.242 e. The van der Waals surface area contributed by atoms with Crippen LogP contribution in [-0.2, 0) is 4.79 Å². The summed E-state index contributed by atoms with van der Waals surface area (Å²) in [5.74, 6) is 0.896. The lowest BCUT2D eigenvalue weighted by Crippen LogP contribution is -2.46. The predicted molar refractivity (Wildman–Crippen MR) is 72.1 cm³/mol. The molecule has 2 N–H and O–H groups in total. The fraction of sp³-hybridized carbons (Fsp3) is 0.308. The van der Waals surface area contributed by atoms with Gasteiger partial charge in [-0.1, -0.05) is 0 Å². The average molecular weight is 262 g/mol. The standard InChI is InChI=1S/C13H14N2O2S/c1-17-9-2-3-10-8(6-9)7-11(18-10)12-13(16)15-5-4-14-12/h2-3,6-7,12,14H,4-5H2,1H3,(H,15,16). The molecule has 4 nitrogen and oxygen atoms in total. The van der Waals surface area contributed by atoms with Crippen LogP contribution >= 0.6 is 11.3 Å². The Balaban J connectivity index is 1.99. The Morgan fingerprint density at radius 1 is 1.33 bits per heavy atom. The molecular weight excluding hydrogens is 248 g/mol. The van der Waals surface area contributed by atoms with E-state index in [1.165, 1.54) is 4.70 Å². The first-order chi connectivity index (χ1) is 8.78. The SMILES string of the molecule is COc1ccc2sc(C3NCCNC3=O)cc2c1. The molecule has 1 fully saturated rings. The molecule has 0 bridgehead atoms. The quantitative estimate of drug-likeness (QED) is 0.865. The van der Waals surface area contributed by atoms with Crippen molar-refractivity contribution in [1.29, 1.82) is 0 Å². The third-order valence-corrected chi connectivity index (χ3v) is 4.24. The topological polar surface area (TPSA) is 50.4 Å². The average Bonchev–Trinajstić information content (AvgIpc) is 2.81. The Bertz CT molecular complexity index is 594. The molecule has 1 atom stereocenters. The van der Waals surface area contributed by atoms with Gasteiger partial charge in [0, 0.05) is 22.7 Å². The highest BCUT2D eigenvalue weighted by atomic mass is 32.1. The van der Waals surface area contributed by atoms with Crippen molar-refractivity contribution in [2.45, 2.75) is 6.04 Å². The zero-order valence-electron chi connectivity index (χ0n) is 10.0. The Labute approximate surface area is 109 Å². The molecule has 0 radical (unpaired) electrons. The van der Waals surface area contributed by atoms with E-state index in [1.807, 2.05) is 18.2 Å². The summed E-state index contributed by atoms with van der Waals surface area (Å²) >= 11 is 1.65. The van der Waals surface area contributed by atoms with Crippen molar-refractivity contribution in [3.05, 3.63) is 29.1 Å². The van der Waals surface area contributed by atoms with Gasteiger partial charge in [-0.25, -0.2) is 0 Å². The number of methoxy groups -OCH3 is 1. The van der Waals surface area contributed by atoms with Gasteiger partial charge in [0.15, 0.2) is 0 Å². The van der Waals surface area contributed by atoms with E-state index >= 15 is 0 Å². The maximum atomic E-state index is 11.8. The van der Waals surface area contributed by atoms with Gasteiger partial charge in [0.05, 0.1) is 7.11 Å². The molecule has 1 aliphatic heterocycles. The monoisotopic (exact) mass is 262 g/mol. The van der Waals surface area contributed by atoms with Crippen LogP contribution in [0, 0.1) is 0 Å². The summed E-state index contributed by atoms with van der Waals surface area (Å²) in [6.45, 7) is 1.52. The van der Waals surface area contributed by atoms with E-state index in [-0.39, 0.29) is 11.9 Å². The number of fused-ring (bicyclic) bond motifs is 1. The molecule has 94 valence electrons. The van der Waals surface area contributed by atoms with Gasteiger partial charge >= 0.3 is 0 Å². The van der Waals surface area contributed by atoms with Crippen LogP contribution < -0.4 is 15.4 Å². The number of amides is 1. The lowest BCUT2D eigenvalue weighted by atomic mass is 10.1. The summed E-state index contributed by atoms with van der Waals surface area (Å²) < 4.78 is 6.38. The zero-order valence-corrected chi connectivity index (χ0v) is 10.8. The van der Waals surface area contributed by atoms with Gasteiger partial charge in [0.25, 0.3) is 0 Å². The molecule has 0 aliphatic carbocycles. The minimum absolute atomic E-state index is 0.0553. The van der Waals surface area contributed by atoms with Crippen molar-refractivity contribution >= 4 is 27.3 Å². The van der Waals surface area contributed by atoms with Gasteiger partial charge in [-0.05, 0) is 29.7 Å². The van der Waals surface area contributed by atoms with Gasteiger partial charge in [-0.3, -0.25) is 10.1 Å². The number of nitrogens with one attached hydrogen (secondary N) is 2. The van der Waals surface area contributed by atoms with Crippen LogP contribution in [0.25, 0.3) is 10.1 Å². The number of carbonyl (C=O) groups excluding carboxylic acids is 1. The summed E-state index contributed by atoms with van der Waals surface area (Å²) in [7, 11) is 1.66. The van der Waals surface area contributed by atoms with Crippen molar-refractivity contribution in [2.75, 3.05) is 20.2 Å². The van der Waals surface area contributed by atoms with Crippen LogP contribution in [-0.4, -0.2) is 26.1 Å².